The monoisotopic (exact) mass is 404 g/mol. The van der Waals surface area contributed by atoms with Crippen LogP contribution in [0.15, 0.2) is 47.4 Å². The minimum absolute atomic E-state index is 0.169. The maximum atomic E-state index is 12.5. The van der Waals surface area contributed by atoms with Crippen LogP contribution in [0.1, 0.15) is 30.1 Å². The molecule has 8 heteroatoms. The summed E-state index contributed by atoms with van der Waals surface area (Å²) >= 11 is 0. The van der Waals surface area contributed by atoms with E-state index in [1.54, 1.807) is 25.2 Å². The molecule has 2 aromatic carbocycles. The SMILES string of the molecule is CCCCN(C)S(=O)(=O)c1ccc(C(=O)Nc2ccc3c(c2)OCCO3)cc1. The van der Waals surface area contributed by atoms with Gasteiger partial charge in [-0.25, -0.2) is 12.7 Å². The molecule has 0 unspecified atom stereocenters. The van der Waals surface area contributed by atoms with Gasteiger partial charge in [-0.1, -0.05) is 13.3 Å². The molecule has 0 fully saturated rings. The minimum atomic E-state index is -3.55. The van der Waals surface area contributed by atoms with Crippen molar-refractivity contribution in [3.63, 3.8) is 0 Å². The molecule has 0 saturated heterocycles. The zero-order valence-electron chi connectivity index (χ0n) is 16.0. The average molecular weight is 404 g/mol. The second-order valence-corrected chi connectivity index (χ2v) is 8.56. The lowest BCUT2D eigenvalue weighted by Gasteiger charge is -2.19. The third kappa shape index (κ3) is 4.45. The first-order valence-electron chi connectivity index (χ1n) is 9.19. The third-order valence-corrected chi connectivity index (χ3v) is 6.32. The van der Waals surface area contributed by atoms with Crippen molar-refractivity contribution in [2.45, 2.75) is 24.7 Å². The van der Waals surface area contributed by atoms with E-state index in [1.165, 1.54) is 28.6 Å². The number of hydrogen-bond acceptors (Lipinski definition) is 5. The van der Waals surface area contributed by atoms with Gasteiger partial charge in [-0.15, -0.1) is 0 Å². The summed E-state index contributed by atoms with van der Waals surface area (Å²) in [4.78, 5) is 12.6. The van der Waals surface area contributed by atoms with Crippen LogP contribution in [0, 0.1) is 0 Å². The van der Waals surface area contributed by atoms with E-state index in [1.807, 2.05) is 6.92 Å². The minimum Gasteiger partial charge on any atom is -0.486 e. The third-order valence-electron chi connectivity index (χ3n) is 4.45. The lowest BCUT2D eigenvalue weighted by atomic mass is 10.2. The molecule has 1 amide bonds. The van der Waals surface area contributed by atoms with Gasteiger partial charge < -0.3 is 14.8 Å². The van der Waals surface area contributed by atoms with E-state index >= 15 is 0 Å². The number of nitrogens with zero attached hydrogens (tertiary/aromatic N) is 1. The predicted molar refractivity (Wildman–Crippen MR) is 107 cm³/mol. The van der Waals surface area contributed by atoms with E-state index in [4.69, 9.17) is 9.47 Å². The van der Waals surface area contributed by atoms with Crippen molar-refractivity contribution >= 4 is 21.6 Å². The molecule has 0 saturated carbocycles. The number of benzene rings is 2. The van der Waals surface area contributed by atoms with Gasteiger partial charge in [0.05, 0.1) is 4.90 Å². The van der Waals surface area contributed by atoms with Crippen LogP contribution < -0.4 is 14.8 Å². The van der Waals surface area contributed by atoms with Gasteiger partial charge in [-0.2, -0.15) is 0 Å². The molecule has 0 aliphatic carbocycles. The van der Waals surface area contributed by atoms with E-state index in [-0.39, 0.29) is 10.8 Å². The highest BCUT2D eigenvalue weighted by molar-refractivity contribution is 7.89. The highest BCUT2D eigenvalue weighted by Crippen LogP contribution is 2.32. The molecule has 2 aromatic rings. The summed E-state index contributed by atoms with van der Waals surface area (Å²) in [5.74, 6) is 0.895. The Morgan fingerprint density at radius 2 is 1.75 bits per heavy atom. The second kappa shape index (κ2) is 8.62. The molecule has 1 aliphatic heterocycles. The van der Waals surface area contributed by atoms with Crippen LogP contribution in [-0.4, -0.2) is 45.4 Å². The number of hydrogen-bond donors (Lipinski definition) is 1. The predicted octanol–water partition coefficient (Wildman–Crippen LogP) is 3.13. The number of anilines is 1. The van der Waals surface area contributed by atoms with Crippen LogP contribution in [0.25, 0.3) is 0 Å². The molecule has 0 radical (unpaired) electrons. The van der Waals surface area contributed by atoms with Crippen molar-refractivity contribution in [1.82, 2.24) is 4.31 Å². The molecule has 7 nitrogen and oxygen atoms in total. The van der Waals surface area contributed by atoms with E-state index in [0.717, 1.165) is 12.8 Å². The van der Waals surface area contributed by atoms with Crippen molar-refractivity contribution < 1.29 is 22.7 Å². The normalized spacial score (nSPS) is 13.4. The van der Waals surface area contributed by atoms with Crippen molar-refractivity contribution in [1.29, 1.82) is 0 Å². The topological polar surface area (TPSA) is 84.9 Å². The highest BCUT2D eigenvalue weighted by Gasteiger charge is 2.20. The summed E-state index contributed by atoms with van der Waals surface area (Å²) in [6, 6.07) is 11.1. The first kappa shape index (κ1) is 20.2. The number of fused-ring (bicyclic) bond motifs is 1. The fraction of sp³-hybridized carbons (Fsp3) is 0.350. The molecule has 0 atom stereocenters. The van der Waals surface area contributed by atoms with Crippen molar-refractivity contribution in [2.24, 2.45) is 0 Å². The smallest absolute Gasteiger partial charge is 0.255 e. The Bertz CT molecular complexity index is 942. The summed E-state index contributed by atoms with van der Waals surface area (Å²) in [6.07, 6.45) is 1.71. The number of amides is 1. The van der Waals surface area contributed by atoms with Crippen molar-refractivity contribution in [3.8, 4) is 11.5 Å². The number of carbonyl (C=O) groups excluding carboxylic acids is 1. The van der Waals surface area contributed by atoms with E-state index < -0.39 is 10.0 Å². The van der Waals surface area contributed by atoms with Crippen molar-refractivity contribution in [2.75, 3.05) is 32.1 Å². The molecule has 1 aliphatic rings. The molecule has 3 rings (SSSR count). The summed E-state index contributed by atoms with van der Waals surface area (Å²) in [5, 5.41) is 2.78. The first-order chi connectivity index (χ1) is 13.4. The van der Waals surface area contributed by atoms with Crippen LogP contribution in [0.3, 0.4) is 0 Å². The Balaban J connectivity index is 1.70. The number of nitrogens with one attached hydrogen (secondary N) is 1. The van der Waals surface area contributed by atoms with Gasteiger partial charge in [-0.3, -0.25) is 4.79 Å². The van der Waals surface area contributed by atoms with Crippen LogP contribution in [0.4, 0.5) is 5.69 Å². The summed E-state index contributed by atoms with van der Waals surface area (Å²) in [6.45, 7) is 3.44. The molecular weight excluding hydrogens is 380 g/mol. The lowest BCUT2D eigenvalue weighted by Crippen LogP contribution is -2.28. The summed E-state index contributed by atoms with van der Waals surface area (Å²) < 4.78 is 37.4. The van der Waals surface area contributed by atoms with Gasteiger partial charge in [0.15, 0.2) is 11.5 Å². The van der Waals surface area contributed by atoms with Crippen molar-refractivity contribution in [3.05, 3.63) is 48.0 Å². The maximum absolute atomic E-state index is 12.5. The van der Waals surface area contributed by atoms with E-state index in [2.05, 4.69) is 5.32 Å². The molecular formula is C20H24N2O5S. The zero-order chi connectivity index (χ0) is 20.1. The molecule has 0 spiro atoms. The molecule has 0 bridgehead atoms. The standard InChI is InChI=1S/C20H24N2O5S/c1-3-4-11-22(2)28(24,25)17-8-5-15(6-9-17)20(23)21-16-7-10-18-19(14-16)27-13-12-26-18/h5-10,14H,3-4,11-13H2,1-2H3,(H,21,23). The summed E-state index contributed by atoms with van der Waals surface area (Å²) in [7, 11) is -1.99. The molecule has 150 valence electrons. The Morgan fingerprint density at radius 3 is 2.43 bits per heavy atom. The molecule has 0 aromatic heterocycles. The van der Waals surface area contributed by atoms with Gasteiger partial charge in [0.25, 0.3) is 5.91 Å². The quantitative estimate of drug-likeness (QED) is 0.766. The maximum Gasteiger partial charge on any atom is 0.255 e. The number of rotatable bonds is 7. The van der Waals surface area contributed by atoms with Crippen LogP contribution in [0.5, 0.6) is 11.5 Å². The fourth-order valence-corrected chi connectivity index (χ4v) is 3.99. The number of sulfonamides is 1. The Hall–Kier alpha value is -2.58. The van der Waals surface area contributed by atoms with Crippen LogP contribution >= 0.6 is 0 Å². The number of ether oxygens (including phenoxy) is 2. The second-order valence-electron chi connectivity index (χ2n) is 6.52. The average Bonchev–Trinajstić information content (AvgIpc) is 2.71. The van der Waals surface area contributed by atoms with E-state index in [9.17, 15) is 13.2 Å². The van der Waals surface area contributed by atoms with Crippen LogP contribution in [0.2, 0.25) is 0 Å². The summed E-state index contributed by atoms with van der Waals surface area (Å²) in [5.41, 5.74) is 0.940. The molecule has 1 N–H and O–H groups in total. The molecule has 1 heterocycles. The largest absolute Gasteiger partial charge is 0.486 e. The van der Waals surface area contributed by atoms with Gasteiger partial charge in [-0.05, 0) is 42.8 Å². The highest BCUT2D eigenvalue weighted by atomic mass is 32.2. The van der Waals surface area contributed by atoms with Gasteiger partial charge in [0.1, 0.15) is 13.2 Å². The van der Waals surface area contributed by atoms with E-state index in [0.29, 0.717) is 42.5 Å². The number of carbonyl (C=O) groups is 1. The van der Waals surface area contributed by atoms with Crippen LogP contribution in [-0.2, 0) is 10.0 Å². The fourth-order valence-electron chi connectivity index (χ4n) is 2.78. The first-order valence-corrected chi connectivity index (χ1v) is 10.6. The Kier molecular flexibility index (Phi) is 6.21. The zero-order valence-corrected chi connectivity index (χ0v) is 16.8. The Labute approximate surface area is 165 Å². The van der Waals surface area contributed by atoms with Gasteiger partial charge in [0, 0.05) is 30.9 Å². The lowest BCUT2D eigenvalue weighted by molar-refractivity contribution is 0.102. The molecule has 28 heavy (non-hydrogen) atoms. The van der Waals surface area contributed by atoms with Gasteiger partial charge >= 0.3 is 0 Å². The Morgan fingerprint density at radius 1 is 1.07 bits per heavy atom. The number of unbranched alkanes of at least 4 members (excludes halogenated alkanes) is 1. The van der Waals surface area contributed by atoms with Gasteiger partial charge in [0.2, 0.25) is 10.0 Å².